The Morgan fingerprint density at radius 2 is 1.36 bits per heavy atom. The molecule has 0 bridgehead atoms. The van der Waals surface area contributed by atoms with Gasteiger partial charge in [-0.2, -0.15) is 12.6 Å². The van der Waals surface area contributed by atoms with Crippen molar-refractivity contribution in [3.05, 3.63) is 23.8 Å². The number of hydrogen-bond donors (Lipinski definition) is 2. The van der Waals surface area contributed by atoms with E-state index in [1.54, 1.807) is 0 Å². The molecule has 0 atom stereocenters. The molecule has 0 heterocycles. The van der Waals surface area contributed by atoms with Gasteiger partial charge in [-0.15, -0.1) is 0 Å². The third-order valence-electron chi connectivity index (χ3n) is 4.92. The van der Waals surface area contributed by atoms with Gasteiger partial charge in [0.25, 0.3) is 0 Å². The van der Waals surface area contributed by atoms with Gasteiger partial charge in [0.1, 0.15) is 0 Å². The van der Waals surface area contributed by atoms with E-state index in [1.807, 2.05) is 0 Å². The molecule has 0 aromatic heterocycles. The Labute approximate surface area is 161 Å². The summed E-state index contributed by atoms with van der Waals surface area (Å²) in [7, 11) is 0. The molecule has 1 rings (SSSR count). The molecule has 0 spiro atoms. The van der Waals surface area contributed by atoms with E-state index < -0.39 is 0 Å². The number of carbonyl (C=O) groups excluding carboxylic acids is 1. The van der Waals surface area contributed by atoms with Crippen molar-refractivity contribution >= 4 is 18.5 Å². The first-order valence-corrected chi connectivity index (χ1v) is 11.2. The highest BCUT2D eigenvalue weighted by atomic mass is 32.1. The minimum atomic E-state index is 0.210. The molecular weight excluding hydrogens is 326 g/mol. The molecule has 0 saturated carbocycles. The third-order valence-corrected chi connectivity index (χ3v) is 5.24. The van der Waals surface area contributed by atoms with Crippen LogP contribution in [0.1, 0.15) is 96.3 Å². The van der Waals surface area contributed by atoms with Crippen molar-refractivity contribution in [1.29, 1.82) is 0 Å². The first-order chi connectivity index (χ1) is 12.3. The van der Waals surface area contributed by atoms with Crippen molar-refractivity contribution < 1.29 is 4.79 Å². The average molecular weight is 366 g/mol. The standard InChI is InChI=1S/C22H39NOS/c24-22(23-20-21-16-13-14-17-21)18-12-10-8-6-4-2-1-3-5-7-9-11-15-19-25/h13-14,16,25H,1-12,15,17-20H2,(H,23,24). The smallest absolute Gasteiger partial charge is 0.220 e. The monoisotopic (exact) mass is 365 g/mol. The van der Waals surface area contributed by atoms with Crippen LogP contribution >= 0.6 is 12.6 Å². The van der Waals surface area contributed by atoms with Crippen molar-refractivity contribution in [1.82, 2.24) is 5.32 Å². The van der Waals surface area contributed by atoms with Crippen LogP contribution in [0.25, 0.3) is 0 Å². The number of thiol groups is 1. The van der Waals surface area contributed by atoms with Gasteiger partial charge in [0.15, 0.2) is 0 Å². The highest BCUT2D eigenvalue weighted by Gasteiger charge is 2.03. The van der Waals surface area contributed by atoms with Crippen LogP contribution in [0.4, 0.5) is 0 Å². The molecule has 25 heavy (non-hydrogen) atoms. The number of rotatable bonds is 17. The molecule has 144 valence electrons. The summed E-state index contributed by atoms with van der Waals surface area (Å²) in [6.45, 7) is 0.723. The Morgan fingerprint density at radius 1 is 0.840 bits per heavy atom. The molecule has 1 aliphatic carbocycles. The molecule has 0 radical (unpaired) electrons. The van der Waals surface area contributed by atoms with Gasteiger partial charge in [-0.3, -0.25) is 4.79 Å². The Bertz CT molecular complexity index is 389. The fourth-order valence-corrected chi connectivity index (χ4v) is 3.49. The van der Waals surface area contributed by atoms with E-state index >= 15 is 0 Å². The number of hydrogen-bond acceptors (Lipinski definition) is 2. The maximum atomic E-state index is 11.8. The maximum absolute atomic E-state index is 11.8. The predicted octanol–water partition coefficient (Wildman–Crippen LogP) is 6.38. The number of unbranched alkanes of at least 4 members (excludes halogenated alkanes) is 12. The van der Waals surface area contributed by atoms with E-state index in [4.69, 9.17) is 0 Å². The van der Waals surface area contributed by atoms with Crippen LogP contribution in [0.5, 0.6) is 0 Å². The van der Waals surface area contributed by atoms with Gasteiger partial charge in [-0.05, 0) is 30.6 Å². The number of amides is 1. The number of carbonyl (C=O) groups is 1. The van der Waals surface area contributed by atoms with E-state index in [0.29, 0.717) is 6.42 Å². The van der Waals surface area contributed by atoms with Gasteiger partial charge in [0, 0.05) is 13.0 Å². The van der Waals surface area contributed by atoms with E-state index in [9.17, 15) is 4.79 Å². The van der Waals surface area contributed by atoms with Crippen LogP contribution in [0.3, 0.4) is 0 Å². The predicted molar refractivity (Wildman–Crippen MR) is 113 cm³/mol. The normalized spacial score (nSPS) is 13.2. The molecule has 0 unspecified atom stereocenters. The summed E-state index contributed by atoms with van der Waals surface area (Å²) >= 11 is 4.24. The molecule has 0 fully saturated rings. The van der Waals surface area contributed by atoms with Gasteiger partial charge in [-0.25, -0.2) is 0 Å². The lowest BCUT2D eigenvalue weighted by molar-refractivity contribution is -0.121. The van der Waals surface area contributed by atoms with Crippen molar-refractivity contribution in [3.8, 4) is 0 Å². The Morgan fingerprint density at radius 3 is 1.84 bits per heavy atom. The highest BCUT2D eigenvalue weighted by Crippen LogP contribution is 2.13. The minimum absolute atomic E-state index is 0.210. The van der Waals surface area contributed by atoms with Crippen LogP contribution in [0.2, 0.25) is 0 Å². The molecule has 0 aromatic rings. The molecule has 1 amide bonds. The Hall–Kier alpha value is -0.700. The summed E-state index contributed by atoms with van der Waals surface area (Å²) in [5.74, 6) is 1.25. The van der Waals surface area contributed by atoms with Gasteiger partial charge < -0.3 is 5.32 Å². The van der Waals surface area contributed by atoms with Crippen LogP contribution in [-0.4, -0.2) is 18.2 Å². The summed E-state index contributed by atoms with van der Waals surface area (Å²) in [5.41, 5.74) is 1.31. The fraction of sp³-hybridized carbons (Fsp3) is 0.773. The number of nitrogens with one attached hydrogen (secondary N) is 1. The highest BCUT2D eigenvalue weighted by molar-refractivity contribution is 7.80. The largest absolute Gasteiger partial charge is 0.352 e. The van der Waals surface area contributed by atoms with Crippen molar-refractivity contribution in [3.63, 3.8) is 0 Å². The summed E-state index contributed by atoms with van der Waals surface area (Å²) in [5, 5.41) is 3.02. The molecule has 2 nitrogen and oxygen atoms in total. The zero-order valence-corrected chi connectivity index (χ0v) is 17.0. The lowest BCUT2D eigenvalue weighted by Crippen LogP contribution is -2.24. The summed E-state index contributed by atoms with van der Waals surface area (Å²) < 4.78 is 0. The lowest BCUT2D eigenvalue weighted by Gasteiger charge is -2.06. The minimum Gasteiger partial charge on any atom is -0.352 e. The molecule has 3 heteroatoms. The Balaban J connectivity index is 1.73. The van der Waals surface area contributed by atoms with Gasteiger partial charge in [0.05, 0.1) is 0 Å². The summed E-state index contributed by atoms with van der Waals surface area (Å²) in [6.07, 6.45) is 25.2. The van der Waals surface area contributed by atoms with Crippen molar-refractivity contribution in [2.75, 3.05) is 12.3 Å². The second kappa shape index (κ2) is 16.8. The van der Waals surface area contributed by atoms with E-state index in [0.717, 1.165) is 25.1 Å². The third kappa shape index (κ3) is 14.2. The van der Waals surface area contributed by atoms with Gasteiger partial charge in [0.2, 0.25) is 5.91 Å². The first kappa shape index (κ1) is 22.3. The van der Waals surface area contributed by atoms with E-state index in [2.05, 4.69) is 36.2 Å². The maximum Gasteiger partial charge on any atom is 0.220 e. The molecule has 1 aliphatic rings. The van der Waals surface area contributed by atoms with Crippen molar-refractivity contribution in [2.45, 2.75) is 96.3 Å². The van der Waals surface area contributed by atoms with Crippen LogP contribution in [0.15, 0.2) is 23.8 Å². The average Bonchev–Trinajstić information content (AvgIpc) is 3.14. The van der Waals surface area contributed by atoms with Crippen LogP contribution in [-0.2, 0) is 4.79 Å². The second-order valence-corrected chi connectivity index (χ2v) is 7.75. The zero-order chi connectivity index (χ0) is 18.0. The molecule has 0 saturated heterocycles. The molecule has 0 aromatic carbocycles. The first-order valence-electron chi connectivity index (χ1n) is 10.5. The topological polar surface area (TPSA) is 29.1 Å². The molecular formula is C22H39NOS. The van der Waals surface area contributed by atoms with Crippen LogP contribution < -0.4 is 5.32 Å². The van der Waals surface area contributed by atoms with Gasteiger partial charge in [-0.1, -0.05) is 88.9 Å². The lowest BCUT2D eigenvalue weighted by atomic mass is 10.0. The summed E-state index contributed by atoms with van der Waals surface area (Å²) in [4.78, 5) is 11.8. The molecule has 0 aliphatic heterocycles. The zero-order valence-electron chi connectivity index (χ0n) is 16.1. The van der Waals surface area contributed by atoms with Crippen LogP contribution in [0, 0.1) is 0 Å². The summed E-state index contributed by atoms with van der Waals surface area (Å²) in [6, 6.07) is 0. The number of allylic oxidation sites excluding steroid dienone is 3. The van der Waals surface area contributed by atoms with Crippen molar-refractivity contribution in [2.24, 2.45) is 0 Å². The Kier molecular flexibility index (Phi) is 15.0. The quantitative estimate of drug-likeness (QED) is 0.227. The fourth-order valence-electron chi connectivity index (χ4n) is 3.27. The van der Waals surface area contributed by atoms with E-state index in [1.165, 1.54) is 82.6 Å². The van der Waals surface area contributed by atoms with Gasteiger partial charge >= 0.3 is 0 Å². The second-order valence-electron chi connectivity index (χ2n) is 7.30. The van der Waals surface area contributed by atoms with E-state index in [-0.39, 0.29) is 5.91 Å². The SMILES string of the molecule is O=C(CCCCCCCCCCCCCCCS)NCC1=CC=CC1. The molecule has 1 N–H and O–H groups in total.